The largest absolute Gasteiger partial charge is 0.368 e. The Morgan fingerprint density at radius 3 is 2.81 bits per heavy atom. The quantitative estimate of drug-likeness (QED) is 0.717. The van der Waals surface area contributed by atoms with Crippen molar-refractivity contribution in [3.05, 3.63) is 53.6 Å². The van der Waals surface area contributed by atoms with Crippen LogP contribution >= 0.6 is 0 Å². The Kier molecular flexibility index (Phi) is 3.61. The third-order valence-corrected chi connectivity index (χ3v) is 5.23. The van der Waals surface area contributed by atoms with Gasteiger partial charge in [0.25, 0.3) is 0 Å². The summed E-state index contributed by atoms with van der Waals surface area (Å²) in [5, 5.41) is 13.0. The van der Waals surface area contributed by atoms with Gasteiger partial charge in [-0.3, -0.25) is 9.58 Å². The lowest BCUT2D eigenvalue weighted by atomic mass is 10.1. The molecule has 2 aliphatic rings. The SMILES string of the molecule is Cn1nccc1-c1nnn2c1CO[C@@H]1CN(Cc3ccc(F)cc3)C[C@H]12. The zero-order chi connectivity index (χ0) is 17.7. The van der Waals surface area contributed by atoms with Crippen molar-refractivity contribution in [3.63, 3.8) is 0 Å². The molecule has 0 spiro atoms. The normalized spacial score (nSPS) is 22.4. The molecule has 1 fully saturated rings. The monoisotopic (exact) mass is 354 g/mol. The molecular formula is C18H19FN6O. The predicted molar refractivity (Wildman–Crippen MR) is 91.5 cm³/mol. The number of hydrogen-bond donors (Lipinski definition) is 0. The fraction of sp³-hybridized carbons (Fsp3) is 0.389. The number of likely N-dealkylation sites (tertiary alicyclic amines) is 1. The van der Waals surface area contributed by atoms with Crippen LogP contribution in [0.5, 0.6) is 0 Å². The Labute approximate surface area is 150 Å². The molecule has 1 saturated heterocycles. The molecule has 0 saturated carbocycles. The Morgan fingerprint density at radius 2 is 2.04 bits per heavy atom. The van der Waals surface area contributed by atoms with E-state index < -0.39 is 0 Å². The van der Waals surface area contributed by atoms with Crippen LogP contribution in [0.2, 0.25) is 0 Å². The summed E-state index contributed by atoms with van der Waals surface area (Å²) in [6.07, 6.45) is 1.86. The molecule has 26 heavy (non-hydrogen) atoms. The maximum absolute atomic E-state index is 13.1. The van der Waals surface area contributed by atoms with Gasteiger partial charge in [0.05, 0.1) is 30.1 Å². The van der Waals surface area contributed by atoms with Crippen LogP contribution in [-0.4, -0.2) is 48.9 Å². The molecule has 4 heterocycles. The van der Waals surface area contributed by atoms with Gasteiger partial charge in [0.15, 0.2) is 0 Å². The molecule has 0 bridgehead atoms. The summed E-state index contributed by atoms with van der Waals surface area (Å²) in [6, 6.07) is 8.76. The van der Waals surface area contributed by atoms with Gasteiger partial charge in [-0.05, 0) is 23.8 Å². The van der Waals surface area contributed by atoms with Crippen LogP contribution in [0.25, 0.3) is 11.4 Å². The Bertz CT molecular complexity index is 934. The second kappa shape index (κ2) is 6.00. The van der Waals surface area contributed by atoms with Crippen LogP contribution in [0, 0.1) is 5.82 Å². The van der Waals surface area contributed by atoms with Gasteiger partial charge in [-0.2, -0.15) is 5.10 Å². The summed E-state index contributed by atoms with van der Waals surface area (Å²) < 4.78 is 23.0. The molecule has 0 unspecified atom stereocenters. The van der Waals surface area contributed by atoms with Crippen LogP contribution in [0.15, 0.2) is 36.5 Å². The molecule has 0 N–H and O–H groups in total. The second-order valence-electron chi connectivity index (χ2n) is 6.91. The maximum atomic E-state index is 13.1. The van der Waals surface area contributed by atoms with E-state index in [0.717, 1.165) is 42.3 Å². The molecule has 5 rings (SSSR count). The molecule has 2 atom stereocenters. The van der Waals surface area contributed by atoms with E-state index in [1.807, 2.05) is 29.9 Å². The Hall–Kier alpha value is -2.58. The van der Waals surface area contributed by atoms with Crippen LogP contribution < -0.4 is 0 Å². The summed E-state index contributed by atoms with van der Waals surface area (Å²) in [5.74, 6) is -0.206. The van der Waals surface area contributed by atoms with E-state index in [0.29, 0.717) is 6.61 Å². The molecule has 2 aromatic heterocycles. The number of aryl methyl sites for hydroxylation is 1. The van der Waals surface area contributed by atoms with Gasteiger partial charge in [0.1, 0.15) is 11.5 Å². The van der Waals surface area contributed by atoms with Crippen molar-refractivity contribution in [2.24, 2.45) is 7.05 Å². The lowest BCUT2D eigenvalue weighted by Crippen LogP contribution is -2.32. The van der Waals surface area contributed by atoms with E-state index in [-0.39, 0.29) is 18.0 Å². The maximum Gasteiger partial charge on any atom is 0.136 e. The van der Waals surface area contributed by atoms with Crippen molar-refractivity contribution >= 4 is 0 Å². The van der Waals surface area contributed by atoms with E-state index in [1.54, 1.807) is 10.9 Å². The highest BCUT2D eigenvalue weighted by Crippen LogP contribution is 2.34. The van der Waals surface area contributed by atoms with Crippen molar-refractivity contribution in [2.45, 2.75) is 25.3 Å². The van der Waals surface area contributed by atoms with E-state index in [4.69, 9.17) is 4.74 Å². The van der Waals surface area contributed by atoms with E-state index in [2.05, 4.69) is 20.3 Å². The average Bonchev–Trinajstić information content (AvgIpc) is 3.33. The molecule has 0 aliphatic carbocycles. The summed E-state index contributed by atoms with van der Waals surface area (Å²) in [4.78, 5) is 2.32. The summed E-state index contributed by atoms with van der Waals surface area (Å²) in [5.41, 5.74) is 3.87. The predicted octanol–water partition coefficient (Wildman–Crippen LogP) is 1.77. The van der Waals surface area contributed by atoms with Crippen molar-refractivity contribution in [1.29, 1.82) is 0 Å². The van der Waals surface area contributed by atoms with Gasteiger partial charge in [-0.1, -0.05) is 17.3 Å². The van der Waals surface area contributed by atoms with Gasteiger partial charge in [0, 0.05) is 32.9 Å². The first-order valence-corrected chi connectivity index (χ1v) is 8.70. The van der Waals surface area contributed by atoms with Gasteiger partial charge >= 0.3 is 0 Å². The van der Waals surface area contributed by atoms with Gasteiger partial charge in [-0.25, -0.2) is 9.07 Å². The van der Waals surface area contributed by atoms with Crippen molar-refractivity contribution in [1.82, 2.24) is 29.7 Å². The number of aromatic nitrogens is 5. The van der Waals surface area contributed by atoms with Crippen LogP contribution in [-0.2, 0) is 24.9 Å². The van der Waals surface area contributed by atoms with Gasteiger partial charge in [-0.15, -0.1) is 5.10 Å². The third-order valence-electron chi connectivity index (χ3n) is 5.23. The lowest BCUT2D eigenvalue weighted by Gasteiger charge is -2.26. The highest BCUT2D eigenvalue weighted by atomic mass is 19.1. The fourth-order valence-electron chi connectivity index (χ4n) is 3.91. The smallest absolute Gasteiger partial charge is 0.136 e. The molecule has 8 heteroatoms. The summed E-state index contributed by atoms with van der Waals surface area (Å²) in [6.45, 7) is 2.94. The van der Waals surface area contributed by atoms with Crippen molar-refractivity contribution in [3.8, 4) is 11.4 Å². The van der Waals surface area contributed by atoms with Gasteiger partial charge in [0.2, 0.25) is 0 Å². The minimum atomic E-state index is -0.206. The van der Waals surface area contributed by atoms with Gasteiger partial charge < -0.3 is 4.74 Å². The van der Waals surface area contributed by atoms with Crippen LogP contribution in [0.3, 0.4) is 0 Å². The molecular weight excluding hydrogens is 335 g/mol. The van der Waals surface area contributed by atoms with E-state index >= 15 is 0 Å². The zero-order valence-corrected chi connectivity index (χ0v) is 14.4. The fourth-order valence-corrected chi connectivity index (χ4v) is 3.91. The highest BCUT2D eigenvalue weighted by molar-refractivity contribution is 5.56. The van der Waals surface area contributed by atoms with Crippen LogP contribution in [0.4, 0.5) is 4.39 Å². The molecule has 2 aliphatic heterocycles. The molecule has 0 amide bonds. The Balaban J connectivity index is 1.38. The summed E-state index contributed by atoms with van der Waals surface area (Å²) >= 11 is 0. The second-order valence-corrected chi connectivity index (χ2v) is 6.91. The lowest BCUT2D eigenvalue weighted by molar-refractivity contribution is -0.00495. The zero-order valence-electron chi connectivity index (χ0n) is 14.4. The first kappa shape index (κ1) is 15.7. The molecule has 7 nitrogen and oxygen atoms in total. The molecule has 0 radical (unpaired) electrons. The van der Waals surface area contributed by atoms with E-state index in [9.17, 15) is 4.39 Å². The molecule has 1 aromatic carbocycles. The van der Waals surface area contributed by atoms with Crippen LogP contribution in [0.1, 0.15) is 17.3 Å². The van der Waals surface area contributed by atoms with E-state index in [1.165, 1.54) is 12.1 Å². The Morgan fingerprint density at radius 1 is 1.19 bits per heavy atom. The highest BCUT2D eigenvalue weighted by Gasteiger charge is 2.40. The number of rotatable bonds is 3. The third kappa shape index (κ3) is 2.53. The molecule has 134 valence electrons. The first-order chi connectivity index (χ1) is 12.7. The standard InChI is InChI=1S/C18H19FN6O/c1-23-14(6-7-20-23)18-16-11-26-17-10-24(9-15(17)25(16)22-21-18)8-12-2-4-13(19)5-3-12/h2-7,15,17H,8-11H2,1H3/t15-,17-/m1/s1. The number of nitrogens with zero attached hydrogens (tertiary/aromatic N) is 6. The number of ether oxygens (including phenoxy) is 1. The number of halogens is 1. The molecule has 3 aromatic rings. The number of benzene rings is 1. The minimum Gasteiger partial charge on any atom is -0.368 e. The number of hydrogen-bond acceptors (Lipinski definition) is 5. The average molecular weight is 354 g/mol. The van der Waals surface area contributed by atoms with Crippen molar-refractivity contribution in [2.75, 3.05) is 13.1 Å². The number of fused-ring (bicyclic) bond motifs is 3. The van der Waals surface area contributed by atoms with Crippen molar-refractivity contribution < 1.29 is 9.13 Å². The first-order valence-electron chi connectivity index (χ1n) is 8.70. The topological polar surface area (TPSA) is 61.0 Å². The minimum absolute atomic E-state index is 0.101. The summed E-state index contributed by atoms with van der Waals surface area (Å²) in [7, 11) is 1.90.